The van der Waals surface area contributed by atoms with E-state index in [4.69, 9.17) is 28.3 Å². The van der Waals surface area contributed by atoms with Gasteiger partial charge in [-0.05, 0) is 48.4 Å². The quantitative estimate of drug-likeness (QED) is 0.845. The van der Waals surface area contributed by atoms with Crippen LogP contribution in [0.25, 0.3) is 0 Å². The molecule has 3 rings (SSSR count). The van der Waals surface area contributed by atoms with Gasteiger partial charge in [0.05, 0.1) is 25.5 Å². The first-order chi connectivity index (χ1) is 11.1. The Hall–Kier alpha value is -1.32. The van der Waals surface area contributed by atoms with Crippen LogP contribution in [0.15, 0.2) is 46.2 Å². The van der Waals surface area contributed by atoms with Crippen LogP contribution >= 0.6 is 23.2 Å². The molecule has 0 fully saturated rings. The highest BCUT2D eigenvalue weighted by Gasteiger charge is 2.31. The molecule has 0 spiro atoms. The van der Waals surface area contributed by atoms with Gasteiger partial charge in [-0.25, -0.2) is 22.0 Å². The molecule has 2 aromatic carbocycles. The van der Waals surface area contributed by atoms with Gasteiger partial charge in [-0.1, -0.05) is 23.2 Å². The van der Waals surface area contributed by atoms with Crippen molar-refractivity contribution < 1.29 is 16.8 Å². The molecule has 1 aliphatic heterocycles. The number of halogens is 2. The van der Waals surface area contributed by atoms with Crippen LogP contribution in [0.3, 0.4) is 0 Å². The SMILES string of the molecule is NS(=O)(=O)c1ccc2c(c1)CCN2S(=O)(=O)c1ccc(Cl)c(Cl)c1. The molecule has 10 heteroatoms. The maximum absolute atomic E-state index is 12.8. The van der Waals surface area contributed by atoms with Gasteiger partial charge in [0.2, 0.25) is 10.0 Å². The second-order valence-corrected chi connectivity index (χ2v) is 9.48. The molecule has 0 unspecified atom stereocenters. The Balaban J connectivity index is 2.06. The van der Waals surface area contributed by atoms with E-state index in [1.165, 1.54) is 40.7 Å². The normalized spacial score (nSPS) is 14.7. The van der Waals surface area contributed by atoms with Crippen molar-refractivity contribution in [3.8, 4) is 0 Å². The topological polar surface area (TPSA) is 97.5 Å². The van der Waals surface area contributed by atoms with E-state index in [1.807, 2.05) is 0 Å². The lowest BCUT2D eigenvalue weighted by Crippen LogP contribution is -2.29. The average molecular weight is 407 g/mol. The van der Waals surface area contributed by atoms with Crippen molar-refractivity contribution in [2.24, 2.45) is 5.14 Å². The number of anilines is 1. The molecular formula is C14H12Cl2N2O4S2. The number of hydrogen-bond acceptors (Lipinski definition) is 4. The molecule has 0 saturated heterocycles. The number of fused-ring (bicyclic) bond motifs is 1. The molecule has 0 radical (unpaired) electrons. The molecule has 0 amide bonds. The van der Waals surface area contributed by atoms with Crippen LogP contribution in [-0.2, 0) is 26.5 Å². The van der Waals surface area contributed by atoms with Gasteiger partial charge in [-0.3, -0.25) is 4.31 Å². The molecule has 128 valence electrons. The maximum atomic E-state index is 12.8. The number of rotatable bonds is 3. The fourth-order valence-electron chi connectivity index (χ4n) is 2.54. The minimum atomic E-state index is -3.84. The minimum Gasteiger partial charge on any atom is -0.266 e. The molecular weight excluding hydrogens is 395 g/mol. The number of sulfonamides is 2. The molecule has 0 atom stereocenters. The third-order valence-electron chi connectivity index (χ3n) is 3.71. The van der Waals surface area contributed by atoms with Crippen molar-refractivity contribution in [1.82, 2.24) is 0 Å². The number of primary sulfonamides is 1. The van der Waals surface area contributed by atoms with Crippen molar-refractivity contribution in [3.63, 3.8) is 0 Å². The summed E-state index contributed by atoms with van der Waals surface area (Å²) in [7, 11) is -7.67. The minimum absolute atomic E-state index is 0.0141. The summed E-state index contributed by atoms with van der Waals surface area (Å²) < 4.78 is 49.7. The monoisotopic (exact) mass is 406 g/mol. The first-order valence-corrected chi connectivity index (χ1v) is 10.5. The van der Waals surface area contributed by atoms with E-state index in [9.17, 15) is 16.8 Å². The van der Waals surface area contributed by atoms with Crippen molar-refractivity contribution >= 4 is 48.9 Å². The first-order valence-electron chi connectivity index (χ1n) is 6.74. The molecule has 1 heterocycles. The van der Waals surface area contributed by atoms with Crippen LogP contribution in [0.4, 0.5) is 5.69 Å². The summed E-state index contributed by atoms with van der Waals surface area (Å²) >= 11 is 11.7. The summed E-state index contributed by atoms with van der Waals surface area (Å²) in [5, 5.41) is 5.51. The fourth-order valence-corrected chi connectivity index (χ4v) is 5.00. The number of nitrogens with two attached hydrogens (primary N) is 1. The van der Waals surface area contributed by atoms with E-state index in [1.54, 1.807) is 0 Å². The molecule has 2 aromatic rings. The van der Waals surface area contributed by atoms with Gasteiger partial charge in [0.15, 0.2) is 0 Å². The van der Waals surface area contributed by atoms with Gasteiger partial charge in [0.25, 0.3) is 10.0 Å². The van der Waals surface area contributed by atoms with Crippen molar-refractivity contribution in [3.05, 3.63) is 52.0 Å². The molecule has 0 bridgehead atoms. The van der Waals surface area contributed by atoms with Crippen molar-refractivity contribution in [2.75, 3.05) is 10.8 Å². The molecule has 0 aromatic heterocycles. The maximum Gasteiger partial charge on any atom is 0.264 e. The summed E-state index contributed by atoms with van der Waals surface area (Å²) in [6.07, 6.45) is 0.388. The fraction of sp³-hybridized carbons (Fsp3) is 0.143. The highest BCUT2D eigenvalue weighted by Crippen LogP contribution is 2.35. The lowest BCUT2D eigenvalue weighted by atomic mass is 10.2. The molecule has 0 aliphatic carbocycles. The number of benzene rings is 2. The lowest BCUT2D eigenvalue weighted by molar-refractivity contribution is 0.592. The Morgan fingerprint density at radius 3 is 2.21 bits per heavy atom. The van der Waals surface area contributed by atoms with Gasteiger partial charge >= 0.3 is 0 Å². The Bertz CT molecular complexity index is 1040. The molecule has 24 heavy (non-hydrogen) atoms. The van der Waals surface area contributed by atoms with Crippen LogP contribution in [0.5, 0.6) is 0 Å². The van der Waals surface area contributed by atoms with E-state index in [0.29, 0.717) is 17.7 Å². The predicted octanol–water partition coefficient (Wildman–Crippen LogP) is 2.39. The van der Waals surface area contributed by atoms with E-state index < -0.39 is 20.0 Å². The Morgan fingerprint density at radius 2 is 1.58 bits per heavy atom. The predicted molar refractivity (Wildman–Crippen MR) is 92.5 cm³/mol. The average Bonchev–Trinajstić information content (AvgIpc) is 2.92. The lowest BCUT2D eigenvalue weighted by Gasteiger charge is -2.20. The summed E-state index contributed by atoms with van der Waals surface area (Å²) in [5.74, 6) is 0. The van der Waals surface area contributed by atoms with Crippen molar-refractivity contribution in [1.29, 1.82) is 0 Å². The van der Waals surface area contributed by atoms with E-state index in [-0.39, 0.29) is 26.4 Å². The number of hydrogen-bond donors (Lipinski definition) is 1. The zero-order valence-electron chi connectivity index (χ0n) is 12.1. The standard InChI is InChI=1S/C14H12Cl2N2O4S2/c15-12-3-1-11(8-13(12)16)24(21,22)18-6-5-9-7-10(23(17,19)20)2-4-14(9)18/h1-4,7-8H,5-6H2,(H2,17,19,20). The molecule has 6 nitrogen and oxygen atoms in total. The highest BCUT2D eigenvalue weighted by atomic mass is 35.5. The zero-order valence-corrected chi connectivity index (χ0v) is 15.3. The van der Waals surface area contributed by atoms with Crippen LogP contribution in [0, 0.1) is 0 Å². The second-order valence-electron chi connectivity index (χ2n) is 5.24. The third-order valence-corrected chi connectivity index (χ3v) is 7.17. The van der Waals surface area contributed by atoms with Gasteiger partial charge in [0.1, 0.15) is 0 Å². The summed E-state index contributed by atoms with van der Waals surface area (Å²) in [5.41, 5.74) is 1.03. The molecule has 2 N–H and O–H groups in total. The van der Waals surface area contributed by atoms with Crippen LogP contribution < -0.4 is 9.44 Å². The van der Waals surface area contributed by atoms with Gasteiger partial charge in [-0.15, -0.1) is 0 Å². The van der Waals surface area contributed by atoms with Crippen LogP contribution in [-0.4, -0.2) is 23.4 Å². The second kappa shape index (κ2) is 5.89. The summed E-state index contributed by atoms with van der Waals surface area (Å²) in [6.45, 7) is 0.200. The summed E-state index contributed by atoms with van der Waals surface area (Å²) in [6, 6.07) is 8.21. The Labute approximate surface area is 149 Å². The first kappa shape index (κ1) is 17.5. The zero-order chi connectivity index (χ0) is 17.7. The molecule has 0 saturated carbocycles. The van der Waals surface area contributed by atoms with E-state index in [0.717, 1.165) is 0 Å². The van der Waals surface area contributed by atoms with Crippen LogP contribution in [0.1, 0.15) is 5.56 Å². The largest absolute Gasteiger partial charge is 0.266 e. The van der Waals surface area contributed by atoms with E-state index >= 15 is 0 Å². The number of nitrogens with zero attached hydrogens (tertiary/aromatic N) is 1. The van der Waals surface area contributed by atoms with E-state index in [2.05, 4.69) is 0 Å². The van der Waals surface area contributed by atoms with Gasteiger partial charge in [0, 0.05) is 6.54 Å². The molecule has 1 aliphatic rings. The Morgan fingerprint density at radius 1 is 0.917 bits per heavy atom. The van der Waals surface area contributed by atoms with Crippen molar-refractivity contribution in [2.45, 2.75) is 16.2 Å². The Kier molecular flexibility index (Phi) is 4.29. The van der Waals surface area contributed by atoms with Gasteiger partial charge in [-0.2, -0.15) is 0 Å². The van der Waals surface area contributed by atoms with Gasteiger partial charge < -0.3 is 0 Å². The summed E-state index contributed by atoms with van der Waals surface area (Å²) in [4.78, 5) is -0.0321. The van der Waals surface area contributed by atoms with Crippen LogP contribution in [0.2, 0.25) is 10.0 Å². The smallest absolute Gasteiger partial charge is 0.264 e. The third kappa shape index (κ3) is 3.00. The highest BCUT2D eigenvalue weighted by molar-refractivity contribution is 7.92.